The fraction of sp³-hybridized carbons (Fsp3) is 0.0714. The third kappa shape index (κ3) is 2.63. The SMILES string of the molecule is Cc1cc(Cl)ccc1NC(=O)c1ccccc1N. The zero-order valence-electron chi connectivity index (χ0n) is 9.91. The normalized spacial score (nSPS) is 10.1. The summed E-state index contributed by atoms with van der Waals surface area (Å²) in [4.78, 5) is 12.0. The molecule has 0 saturated heterocycles. The van der Waals surface area contributed by atoms with Crippen LogP contribution in [-0.4, -0.2) is 5.91 Å². The number of benzene rings is 2. The third-order valence-electron chi connectivity index (χ3n) is 2.64. The fourth-order valence-corrected chi connectivity index (χ4v) is 1.89. The van der Waals surface area contributed by atoms with Crippen LogP contribution in [0.1, 0.15) is 15.9 Å². The Balaban J connectivity index is 2.24. The zero-order chi connectivity index (χ0) is 13.1. The number of hydrogen-bond acceptors (Lipinski definition) is 2. The lowest BCUT2D eigenvalue weighted by Crippen LogP contribution is -2.14. The highest BCUT2D eigenvalue weighted by molar-refractivity contribution is 6.30. The highest BCUT2D eigenvalue weighted by Crippen LogP contribution is 2.21. The van der Waals surface area contributed by atoms with Crippen molar-refractivity contribution in [2.45, 2.75) is 6.92 Å². The smallest absolute Gasteiger partial charge is 0.257 e. The maximum absolute atomic E-state index is 12.0. The quantitative estimate of drug-likeness (QED) is 0.812. The number of rotatable bonds is 2. The van der Waals surface area contributed by atoms with Gasteiger partial charge in [-0.3, -0.25) is 4.79 Å². The second-order valence-corrected chi connectivity index (χ2v) is 4.44. The summed E-state index contributed by atoms with van der Waals surface area (Å²) in [6.07, 6.45) is 0. The first-order chi connectivity index (χ1) is 8.58. The monoisotopic (exact) mass is 260 g/mol. The van der Waals surface area contributed by atoms with Crippen molar-refractivity contribution >= 4 is 28.9 Å². The highest BCUT2D eigenvalue weighted by atomic mass is 35.5. The first-order valence-corrected chi connectivity index (χ1v) is 5.88. The molecule has 92 valence electrons. The summed E-state index contributed by atoms with van der Waals surface area (Å²) in [5, 5.41) is 3.46. The van der Waals surface area contributed by atoms with Gasteiger partial charge in [0.05, 0.1) is 5.56 Å². The van der Waals surface area contributed by atoms with Crippen LogP contribution < -0.4 is 11.1 Å². The van der Waals surface area contributed by atoms with Crippen molar-refractivity contribution in [3.8, 4) is 0 Å². The zero-order valence-corrected chi connectivity index (χ0v) is 10.7. The van der Waals surface area contributed by atoms with Gasteiger partial charge in [-0.1, -0.05) is 23.7 Å². The predicted octanol–water partition coefficient (Wildman–Crippen LogP) is 3.48. The summed E-state index contributed by atoms with van der Waals surface area (Å²) < 4.78 is 0. The molecular formula is C14H13ClN2O. The van der Waals surface area contributed by atoms with Crippen molar-refractivity contribution < 1.29 is 4.79 Å². The van der Waals surface area contributed by atoms with Gasteiger partial charge in [-0.05, 0) is 42.8 Å². The molecule has 0 fully saturated rings. The summed E-state index contributed by atoms with van der Waals surface area (Å²) in [5.41, 5.74) is 8.32. The second kappa shape index (κ2) is 5.10. The van der Waals surface area contributed by atoms with E-state index in [4.69, 9.17) is 17.3 Å². The molecule has 2 aromatic carbocycles. The Hall–Kier alpha value is -2.00. The Bertz CT molecular complexity index is 596. The van der Waals surface area contributed by atoms with E-state index in [1.165, 1.54) is 0 Å². The van der Waals surface area contributed by atoms with Gasteiger partial charge in [0.1, 0.15) is 0 Å². The first kappa shape index (κ1) is 12.5. The number of carbonyl (C=O) groups is 1. The van der Waals surface area contributed by atoms with Gasteiger partial charge in [0.15, 0.2) is 0 Å². The minimum absolute atomic E-state index is 0.224. The number of nitrogens with two attached hydrogens (primary N) is 1. The van der Waals surface area contributed by atoms with Gasteiger partial charge in [-0.15, -0.1) is 0 Å². The van der Waals surface area contributed by atoms with Crippen molar-refractivity contribution in [3.05, 3.63) is 58.6 Å². The van der Waals surface area contributed by atoms with Gasteiger partial charge >= 0.3 is 0 Å². The summed E-state index contributed by atoms with van der Waals surface area (Å²) in [7, 11) is 0. The van der Waals surface area contributed by atoms with Gasteiger partial charge in [0.25, 0.3) is 5.91 Å². The van der Waals surface area contributed by atoms with E-state index in [0.717, 1.165) is 11.3 Å². The molecule has 0 aromatic heterocycles. The van der Waals surface area contributed by atoms with Gasteiger partial charge in [-0.2, -0.15) is 0 Å². The number of nitrogen functional groups attached to an aromatic ring is 1. The van der Waals surface area contributed by atoms with Crippen LogP contribution in [0.15, 0.2) is 42.5 Å². The Morgan fingerprint density at radius 3 is 2.61 bits per heavy atom. The minimum atomic E-state index is -0.224. The molecule has 0 radical (unpaired) electrons. The van der Waals surface area contributed by atoms with E-state index in [9.17, 15) is 4.79 Å². The van der Waals surface area contributed by atoms with Crippen LogP contribution in [0, 0.1) is 6.92 Å². The van der Waals surface area contributed by atoms with E-state index < -0.39 is 0 Å². The lowest BCUT2D eigenvalue weighted by atomic mass is 10.1. The third-order valence-corrected chi connectivity index (χ3v) is 2.88. The lowest BCUT2D eigenvalue weighted by molar-refractivity contribution is 0.102. The van der Waals surface area contributed by atoms with Crippen molar-refractivity contribution in [3.63, 3.8) is 0 Å². The number of anilines is 2. The Kier molecular flexibility index (Phi) is 3.53. The van der Waals surface area contributed by atoms with Gasteiger partial charge < -0.3 is 11.1 Å². The average molecular weight is 261 g/mol. The molecule has 0 aliphatic rings. The molecule has 2 rings (SSSR count). The molecule has 0 aliphatic carbocycles. The van der Waals surface area contributed by atoms with E-state index in [1.807, 2.05) is 6.92 Å². The minimum Gasteiger partial charge on any atom is -0.398 e. The molecule has 0 saturated carbocycles. The van der Waals surface area contributed by atoms with E-state index in [1.54, 1.807) is 42.5 Å². The Morgan fingerprint density at radius 1 is 1.22 bits per heavy atom. The van der Waals surface area contributed by atoms with Crippen LogP contribution in [-0.2, 0) is 0 Å². The van der Waals surface area contributed by atoms with Crippen molar-refractivity contribution in [2.24, 2.45) is 0 Å². The van der Waals surface area contributed by atoms with Crippen LogP contribution in [0.25, 0.3) is 0 Å². The predicted molar refractivity (Wildman–Crippen MR) is 75.0 cm³/mol. The number of nitrogens with one attached hydrogen (secondary N) is 1. The van der Waals surface area contributed by atoms with Crippen LogP contribution in [0.5, 0.6) is 0 Å². The fourth-order valence-electron chi connectivity index (χ4n) is 1.66. The number of halogens is 1. The molecule has 4 heteroatoms. The summed E-state index contributed by atoms with van der Waals surface area (Å²) in [6.45, 7) is 1.88. The van der Waals surface area contributed by atoms with E-state index in [2.05, 4.69) is 5.32 Å². The first-order valence-electron chi connectivity index (χ1n) is 5.50. The van der Waals surface area contributed by atoms with Gasteiger partial charge in [0, 0.05) is 16.4 Å². The van der Waals surface area contributed by atoms with Crippen LogP contribution in [0.4, 0.5) is 11.4 Å². The summed E-state index contributed by atoms with van der Waals surface area (Å²) >= 11 is 5.86. The molecule has 3 N–H and O–H groups in total. The standard InChI is InChI=1S/C14H13ClN2O/c1-9-8-10(15)6-7-13(9)17-14(18)11-4-2-3-5-12(11)16/h2-8H,16H2,1H3,(H,17,18). The van der Waals surface area contributed by atoms with E-state index in [0.29, 0.717) is 16.3 Å². The van der Waals surface area contributed by atoms with Gasteiger partial charge in [-0.25, -0.2) is 0 Å². The molecule has 0 spiro atoms. The molecule has 0 atom stereocenters. The largest absolute Gasteiger partial charge is 0.398 e. The number of para-hydroxylation sites is 1. The molecule has 0 unspecified atom stereocenters. The molecule has 2 aromatic rings. The Labute approximate surface area is 111 Å². The van der Waals surface area contributed by atoms with Crippen molar-refractivity contribution in [1.29, 1.82) is 0 Å². The highest BCUT2D eigenvalue weighted by Gasteiger charge is 2.10. The summed E-state index contributed by atoms with van der Waals surface area (Å²) in [5.74, 6) is -0.224. The summed E-state index contributed by atoms with van der Waals surface area (Å²) in [6, 6.07) is 12.3. The molecule has 3 nitrogen and oxygen atoms in total. The van der Waals surface area contributed by atoms with E-state index in [-0.39, 0.29) is 5.91 Å². The molecule has 0 heterocycles. The number of carbonyl (C=O) groups excluding carboxylic acids is 1. The Morgan fingerprint density at radius 2 is 1.94 bits per heavy atom. The molecule has 0 bridgehead atoms. The van der Waals surface area contributed by atoms with Crippen molar-refractivity contribution in [2.75, 3.05) is 11.1 Å². The van der Waals surface area contributed by atoms with Gasteiger partial charge in [0.2, 0.25) is 0 Å². The van der Waals surface area contributed by atoms with E-state index >= 15 is 0 Å². The van der Waals surface area contributed by atoms with Crippen molar-refractivity contribution in [1.82, 2.24) is 0 Å². The maximum Gasteiger partial charge on any atom is 0.257 e. The number of aryl methyl sites for hydroxylation is 1. The second-order valence-electron chi connectivity index (χ2n) is 4.00. The maximum atomic E-state index is 12.0. The average Bonchev–Trinajstić information content (AvgIpc) is 2.33. The number of amides is 1. The molecule has 0 aliphatic heterocycles. The molecular weight excluding hydrogens is 248 g/mol. The van der Waals surface area contributed by atoms with Crippen LogP contribution in [0.3, 0.4) is 0 Å². The molecule has 18 heavy (non-hydrogen) atoms. The van der Waals surface area contributed by atoms with Crippen LogP contribution >= 0.6 is 11.6 Å². The molecule has 1 amide bonds. The van der Waals surface area contributed by atoms with Crippen LogP contribution in [0.2, 0.25) is 5.02 Å². The topological polar surface area (TPSA) is 55.1 Å². The number of hydrogen-bond donors (Lipinski definition) is 2. The lowest BCUT2D eigenvalue weighted by Gasteiger charge is -2.10.